The lowest BCUT2D eigenvalue weighted by Gasteiger charge is -2.26. The Morgan fingerprint density at radius 3 is 2.33 bits per heavy atom. The fourth-order valence-corrected chi connectivity index (χ4v) is 2.04. The quantitative estimate of drug-likeness (QED) is 0.340. The van der Waals surface area contributed by atoms with Crippen molar-refractivity contribution >= 4 is 11.9 Å². The summed E-state index contributed by atoms with van der Waals surface area (Å²) >= 11 is 0. The molecule has 0 aromatic heterocycles. The Kier molecular flexibility index (Phi) is 11.4. The summed E-state index contributed by atoms with van der Waals surface area (Å²) in [6.45, 7) is 7.60. The number of rotatable bonds is 11. The Morgan fingerprint density at radius 1 is 1.08 bits per heavy atom. The molecule has 136 valence electrons. The maximum absolute atomic E-state index is 11.5. The van der Waals surface area contributed by atoms with Gasteiger partial charge in [-0.2, -0.15) is 0 Å². The molecule has 24 heavy (non-hydrogen) atoms. The fraction of sp³-hybridized carbons (Fsp3) is 0.647. The fourth-order valence-electron chi connectivity index (χ4n) is 2.04. The van der Waals surface area contributed by atoms with Crippen molar-refractivity contribution in [1.82, 2.24) is 10.2 Å². The van der Waals surface area contributed by atoms with Gasteiger partial charge in [-0.25, -0.2) is 9.59 Å². The number of carbonyl (C=O) groups is 2. The zero-order chi connectivity index (χ0) is 17.5. The van der Waals surface area contributed by atoms with Crippen LogP contribution in [0.2, 0.25) is 0 Å². The van der Waals surface area contributed by atoms with Crippen LogP contribution in [0.3, 0.4) is 0 Å². The standard InChI is InChI=1S/C17H28N2O5/c1-2-5-16(20)23-12-3-4-13-24-17(21)6-7-18-8-9-19-10-14-22-15-11-19/h2,5-7,18H,3-4,8-15H2,1H3/b5-2+,7-6+. The van der Waals surface area contributed by atoms with Crippen molar-refractivity contribution in [2.24, 2.45) is 0 Å². The number of unbranched alkanes of at least 4 members (excludes halogenated alkanes) is 1. The van der Waals surface area contributed by atoms with Crippen molar-refractivity contribution in [2.75, 3.05) is 52.6 Å². The molecular weight excluding hydrogens is 312 g/mol. The van der Waals surface area contributed by atoms with Gasteiger partial charge in [-0.1, -0.05) is 6.08 Å². The van der Waals surface area contributed by atoms with Crippen LogP contribution in [0.1, 0.15) is 19.8 Å². The zero-order valence-corrected chi connectivity index (χ0v) is 14.4. The largest absolute Gasteiger partial charge is 0.463 e. The minimum absolute atomic E-state index is 0.318. The van der Waals surface area contributed by atoms with E-state index in [0.29, 0.717) is 26.1 Å². The highest BCUT2D eigenvalue weighted by Crippen LogP contribution is 1.95. The highest BCUT2D eigenvalue weighted by atomic mass is 16.5. The van der Waals surface area contributed by atoms with Crippen molar-refractivity contribution in [3.63, 3.8) is 0 Å². The van der Waals surface area contributed by atoms with Crippen LogP contribution in [0.5, 0.6) is 0 Å². The summed E-state index contributed by atoms with van der Waals surface area (Å²) in [5, 5.41) is 3.07. The summed E-state index contributed by atoms with van der Waals surface area (Å²) in [5.74, 6) is -0.722. The average Bonchev–Trinajstić information content (AvgIpc) is 2.59. The van der Waals surface area contributed by atoms with E-state index in [0.717, 1.165) is 39.4 Å². The van der Waals surface area contributed by atoms with Gasteiger partial charge in [0.1, 0.15) is 0 Å². The Balaban J connectivity index is 1.92. The number of allylic oxidation sites excluding steroid dienone is 1. The minimum atomic E-state index is -0.375. The molecule has 1 N–H and O–H groups in total. The second-order valence-electron chi connectivity index (χ2n) is 5.28. The maximum atomic E-state index is 11.5. The average molecular weight is 340 g/mol. The van der Waals surface area contributed by atoms with Gasteiger partial charge in [0.05, 0.1) is 26.4 Å². The van der Waals surface area contributed by atoms with E-state index >= 15 is 0 Å². The van der Waals surface area contributed by atoms with E-state index in [1.165, 1.54) is 12.2 Å². The lowest BCUT2D eigenvalue weighted by molar-refractivity contribution is -0.140. The van der Waals surface area contributed by atoms with Crippen LogP contribution in [0.4, 0.5) is 0 Å². The van der Waals surface area contributed by atoms with E-state index in [1.807, 2.05) is 0 Å². The highest BCUT2D eigenvalue weighted by Gasteiger charge is 2.08. The number of hydrogen-bond donors (Lipinski definition) is 1. The van der Waals surface area contributed by atoms with E-state index < -0.39 is 0 Å². The molecule has 0 spiro atoms. The van der Waals surface area contributed by atoms with Gasteiger partial charge in [0.15, 0.2) is 0 Å². The second kappa shape index (κ2) is 13.6. The zero-order valence-electron chi connectivity index (χ0n) is 14.4. The van der Waals surface area contributed by atoms with Crippen LogP contribution in [-0.4, -0.2) is 69.4 Å². The van der Waals surface area contributed by atoms with Gasteiger partial charge in [-0.05, 0) is 19.8 Å². The molecule has 1 aliphatic heterocycles. The van der Waals surface area contributed by atoms with Gasteiger partial charge >= 0.3 is 11.9 Å². The molecule has 7 heteroatoms. The first-order chi connectivity index (χ1) is 11.7. The van der Waals surface area contributed by atoms with Gasteiger partial charge < -0.3 is 19.5 Å². The molecule has 0 aromatic rings. The van der Waals surface area contributed by atoms with Crippen molar-refractivity contribution < 1.29 is 23.8 Å². The monoisotopic (exact) mass is 340 g/mol. The Morgan fingerprint density at radius 2 is 1.71 bits per heavy atom. The Labute approximate surface area is 143 Å². The second-order valence-corrected chi connectivity index (χ2v) is 5.28. The lowest BCUT2D eigenvalue weighted by atomic mass is 10.3. The van der Waals surface area contributed by atoms with Crippen LogP contribution >= 0.6 is 0 Å². The predicted octanol–water partition coefficient (Wildman–Crippen LogP) is 0.865. The van der Waals surface area contributed by atoms with E-state index in [2.05, 4.69) is 10.2 Å². The summed E-state index contributed by atoms with van der Waals surface area (Å²) < 4.78 is 15.3. The minimum Gasteiger partial charge on any atom is -0.463 e. The van der Waals surface area contributed by atoms with Crippen LogP contribution in [-0.2, 0) is 23.8 Å². The first kappa shape index (κ1) is 20.2. The number of hydrogen-bond acceptors (Lipinski definition) is 7. The third-order valence-corrected chi connectivity index (χ3v) is 3.34. The Hall–Kier alpha value is -1.86. The molecule has 1 aliphatic rings. The summed E-state index contributed by atoms with van der Waals surface area (Å²) in [5.41, 5.74) is 0. The Bertz CT molecular complexity index is 417. The highest BCUT2D eigenvalue weighted by molar-refractivity contribution is 5.82. The molecule has 7 nitrogen and oxygen atoms in total. The third kappa shape index (κ3) is 10.8. The molecule has 1 rings (SSSR count). The molecule has 0 radical (unpaired) electrons. The third-order valence-electron chi connectivity index (χ3n) is 3.34. The molecule has 0 unspecified atom stereocenters. The van der Waals surface area contributed by atoms with Gasteiger partial charge in [0, 0.05) is 44.5 Å². The van der Waals surface area contributed by atoms with Gasteiger partial charge in [0.2, 0.25) is 0 Å². The number of ether oxygens (including phenoxy) is 3. The molecule has 0 aromatic carbocycles. The molecular formula is C17H28N2O5. The molecule has 0 atom stereocenters. The first-order valence-corrected chi connectivity index (χ1v) is 8.38. The maximum Gasteiger partial charge on any atom is 0.332 e. The molecule has 1 fully saturated rings. The molecule has 1 saturated heterocycles. The van der Waals surface area contributed by atoms with Crippen molar-refractivity contribution in [3.05, 3.63) is 24.4 Å². The van der Waals surface area contributed by atoms with Crippen LogP contribution in [0.15, 0.2) is 24.4 Å². The molecule has 0 amide bonds. The summed E-state index contributed by atoms with van der Waals surface area (Å²) in [6, 6.07) is 0. The summed E-state index contributed by atoms with van der Waals surface area (Å²) in [7, 11) is 0. The van der Waals surface area contributed by atoms with Gasteiger partial charge in [-0.3, -0.25) is 4.90 Å². The smallest absolute Gasteiger partial charge is 0.332 e. The van der Waals surface area contributed by atoms with Gasteiger partial charge in [0.25, 0.3) is 0 Å². The number of nitrogens with one attached hydrogen (secondary N) is 1. The van der Waals surface area contributed by atoms with Crippen LogP contribution in [0.25, 0.3) is 0 Å². The molecule has 0 saturated carbocycles. The number of carbonyl (C=O) groups excluding carboxylic acids is 2. The van der Waals surface area contributed by atoms with Crippen molar-refractivity contribution in [2.45, 2.75) is 19.8 Å². The van der Waals surface area contributed by atoms with Crippen LogP contribution in [0, 0.1) is 0 Å². The van der Waals surface area contributed by atoms with E-state index in [4.69, 9.17) is 14.2 Å². The molecule has 0 bridgehead atoms. The number of esters is 2. The summed E-state index contributed by atoms with van der Waals surface area (Å²) in [4.78, 5) is 24.8. The van der Waals surface area contributed by atoms with E-state index in [-0.39, 0.29) is 11.9 Å². The van der Waals surface area contributed by atoms with E-state index in [9.17, 15) is 9.59 Å². The van der Waals surface area contributed by atoms with Crippen molar-refractivity contribution in [1.29, 1.82) is 0 Å². The topological polar surface area (TPSA) is 77.1 Å². The van der Waals surface area contributed by atoms with Crippen LogP contribution < -0.4 is 5.32 Å². The number of nitrogens with zero attached hydrogens (tertiary/aromatic N) is 1. The van der Waals surface area contributed by atoms with Crippen molar-refractivity contribution in [3.8, 4) is 0 Å². The SMILES string of the molecule is C/C=C/C(=O)OCCCCOC(=O)/C=C/NCCN1CCOCC1. The lowest BCUT2D eigenvalue weighted by Crippen LogP contribution is -2.39. The summed E-state index contributed by atoms with van der Waals surface area (Å²) in [6.07, 6.45) is 7.32. The number of morpholine rings is 1. The van der Waals surface area contributed by atoms with Gasteiger partial charge in [-0.15, -0.1) is 0 Å². The van der Waals surface area contributed by atoms with E-state index in [1.54, 1.807) is 19.2 Å². The predicted molar refractivity (Wildman–Crippen MR) is 90.4 cm³/mol. The molecule has 0 aliphatic carbocycles. The first-order valence-electron chi connectivity index (χ1n) is 8.38. The molecule has 1 heterocycles. The normalized spacial score (nSPS) is 15.7.